The molecule has 0 spiro atoms. The van der Waals surface area contributed by atoms with Crippen LogP contribution in [0.5, 0.6) is 5.75 Å². The zero-order valence-electron chi connectivity index (χ0n) is 9.83. The molecule has 0 heterocycles. The molecule has 0 saturated heterocycles. The fourth-order valence-corrected chi connectivity index (χ4v) is 1.41. The van der Waals surface area contributed by atoms with Gasteiger partial charge in [0.25, 0.3) is 0 Å². The van der Waals surface area contributed by atoms with Crippen molar-refractivity contribution >= 4 is 0 Å². The van der Waals surface area contributed by atoms with E-state index in [0.29, 0.717) is 12.1 Å². The summed E-state index contributed by atoms with van der Waals surface area (Å²) in [5.41, 5.74) is 0.559. The summed E-state index contributed by atoms with van der Waals surface area (Å²) in [6.07, 6.45) is 0.0816. The molecule has 90 valence electrons. The minimum Gasteiger partial charge on any atom is -0.508 e. The standard InChI is InChI=1S/C12H18FNO2/c1-8(16-3)7-14-9(2)11-6-10(13)4-5-12(11)15/h4-6,8-9,14-15H,7H2,1-3H3. The predicted octanol–water partition coefficient (Wildman–Crippen LogP) is 2.22. The molecule has 2 atom stereocenters. The topological polar surface area (TPSA) is 41.5 Å². The second-order valence-electron chi connectivity index (χ2n) is 3.88. The third-order valence-corrected chi connectivity index (χ3v) is 2.57. The van der Waals surface area contributed by atoms with Gasteiger partial charge in [-0.15, -0.1) is 0 Å². The fourth-order valence-electron chi connectivity index (χ4n) is 1.41. The number of nitrogens with one attached hydrogen (secondary N) is 1. The highest BCUT2D eigenvalue weighted by atomic mass is 19.1. The average Bonchev–Trinajstić information content (AvgIpc) is 2.28. The molecule has 16 heavy (non-hydrogen) atoms. The maximum Gasteiger partial charge on any atom is 0.123 e. The van der Waals surface area contributed by atoms with Gasteiger partial charge in [0.15, 0.2) is 0 Å². The number of ether oxygens (including phenoxy) is 1. The summed E-state index contributed by atoms with van der Waals surface area (Å²) in [5.74, 6) is -0.243. The molecule has 2 unspecified atom stereocenters. The summed E-state index contributed by atoms with van der Waals surface area (Å²) in [5, 5.41) is 12.8. The average molecular weight is 227 g/mol. The van der Waals surface area contributed by atoms with Crippen molar-refractivity contribution in [3.05, 3.63) is 29.6 Å². The van der Waals surface area contributed by atoms with E-state index in [0.717, 1.165) is 0 Å². The van der Waals surface area contributed by atoms with Crippen LogP contribution in [0.4, 0.5) is 4.39 Å². The van der Waals surface area contributed by atoms with Crippen molar-refractivity contribution in [2.45, 2.75) is 26.0 Å². The van der Waals surface area contributed by atoms with Crippen LogP contribution in [0.25, 0.3) is 0 Å². The SMILES string of the molecule is COC(C)CNC(C)c1cc(F)ccc1O. The van der Waals surface area contributed by atoms with E-state index in [-0.39, 0.29) is 23.7 Å². The van der Waals surface area contributed by atoms with E-state index in [1.807, 2.05) is 13.8 Å². The van der Waals surface area contributed by atoms with Crippen LogP contribution in [-0.4, -0.2) is 24.9 Å². The molecule has 0 radical (unpaired) electrons. The van der Waals surface area contributed by atoms with Crippen molar-refractivity contribution in [1.82, 2.24) is 5.32 Å². The molecule has 1 rings (SSSR count). The molecule has 1 aromatic rings. The van der Waals surface area contributed by atoms with Crippen molar-refractivity contribution in [2.75, 3.05) is 13.7 Å². The van der Waals surface area contributed by atoms with Crippen LogP contribution in [0.3, 0.4) is 0 Å². The molecule has 1 aromatic carbocycles. The Bertz CT molecular complexity index is 344. The summed E-state index contributed by atoms with van der Waals surface area (Å²) >= 11 is 0. The Kier molecular flexibility index (Phi) is 4.71. The Balaban J connectivity index is 2.65. The highest BCUT2D eigenvalue weighted by molar-refractivity contribution is 5.34. The number of phenols is 1. The maximum absolute atomic E-state index is 13.0. The number of rotatable bonds is 5. The molecule has 0 aliphatic heterocycles. The van der Waals surface area contributed by atoms with E-state index >= 15 is 0 Å². The Morgan fingerprint density at radius 2 is 2.12 bits per heavy atom. The van der Waals surface area contributed by atoms with Gasteiger partial charge < -0.3 is 15.2 Å². The lowest BCUT2D eigenvalue weighted by Gasteiger charge is -2.18. The summed E-state index contributed by atoms with van der Waals surface area (Å²) < 4.78 is 18.1. The van der Waals surface area contributed by atoms with Crippen LogP contribution >= 0.6 is 0 Å². The van der Waals surface area contributed by atoms with E-state index in [4.69, 9.17) is 4.74 Å². The number of methoxy groups -OCH3 is 1. The smallest absolute Gasteiger partial charge is 0.123 e. The molecule has 0 aromatic heterocycles. The molecular weight excluding hydrogens is 209 g/mol. The number of hydrogen-bond acceptors (Lipinski definition) is 3. The number of benzene rings is 1. The molecule has 4 heteroatoms. The van der Waals surface area contributed by atoms with Gasteiger partial charge in [-0.1, -0.05) is 0 Å². The third kappa shape index (κ3) is 3.47. The van der Waals surface area contributed by atoms with Crippen LogP contribution in [-0.2, 0) is 4.74 Å². The van der Waals surface area contributed by atoms with Crippen LogP contribution < -0.4 is 5.32 Å². The largest absolute Gasteiger partial charge is 0.508 e. The van der Waals surface area contributed by atoms with Gasteiger partial charge in [-0.05, 0) is 32.0 Å². The first-order valence-corrected chi connectivity index (χ1v) is 5.29. The first-order chi connectivity index (χ1) is 7.54. The van der Waals surface area contributed by atoms with Gasteiger partial charge >= 0.3 is 0 Å². The van der Waals surface area contributed by atoms with E-state index in [9.17, 15) is 9.50 Å². The van der Waals surface area contributed by atoms with Gasteiger partial charge in [0.2, 0.25) is 0 Å². The maximum atomic E-state index is 13.0. The highest BCUT2D eigenvalue weighted by Gasteiger charge is 2.11. The summed E-state index contributed by atoms with van der Waals surface area (Å²) in [4.78, 5) is 0. The fraction of sp³-hybridized carbons (Fsp3) is 0.500. The normalized spacial score (nSPS) is 14.8. The minimum absolute atomic E-state index is 0.0816. The van der Waals surface area contributed by atoms with Gasteiger partial charge in [-0.3, -0.25) is 0 Å². The van der Waals surface area contributed by atoms with Gasteiger partial charge in [0.05, 0.1) is 6.10 Å². The van der Waals surface area contributed by atoms with Gasteiger partial charge in [-0.25, -0.2) is 4.39 Å². The summed E-state index contributed by atoms with van der Waals surface area (Å²) in [7, 11) is 1.64. The molecular formula is C12H18FNO2. The summed E-state index contributed by atoms with van der Waals surface area (Å²) in [6, 6.07) is 3.82. The molecule has 2 N–H and O–H groups in total. The van der Waals surface area contributed by atoms with Crippen molar-refractivity contribution in [3.8, 4) is 5.75 Å². The lowest BCUT2D eigenvalue weighted by molar-refractivity contribution is 0.114. The molecule has 0 aliphatic carbocycles. The first-order valence-electron chi connectivity index (χ1n) is 5.29. The van der Waals surface area contributed by atoms with Crippen molar-refractivity contribution in [3.63, 3.8) is 0 Å². The molecule has 3 nitrogen and oxygen atoms in total. The third-order valence-electron chi connectivity index (χ3n) is 2.57. The van der Waals surface area contributed by atoms with Crippen molar-refractivity contribution in [1.29, 1.82) is 0 Å². The lowest BCUT2D eigenvalue weighted by atomic mass is 10.1. The summed E-state index contributed by atoms with van der Waals surface area (Å²) in [6.45, 7) is 4.45. The van der Waals surface area contributed by atoms with Crippen LogP contribution in [0, 0.1) is 5.82 Å². The Morgan fingerprint density at radius 3 is 2.75 bits per heavy atom. The van der Waals surface area contributed by atoms with Crippen LogP contribution in [0.15, 0.2) is 18.2 Å². The number of halogens is 1. The molecule has 0 fully saturated rings. The number of hydrogen-bond donors (Lipinski definition) is 2. The predicted molar refractivity (Wildman–Crippen MR) is 61.0 cm³/mol. The molecule has 0 saturated carbocycles. The van der Waals surface area contributed by atoms with E-state index in [1.54, 1.807) is 7.11 Å². The van der Waals surface area contributed by atoms with Crippen LogP contribution in [0.2, 0.25) is 0 Å². The molecule has 0 aliphatic rings. The number of aromatic hydroxyl groups is 1. The van der Waals surface area contributed by atoms with Gasteiger partial charge in [-0.2, -0.15) is 0 Å². The van der Waals surface area contributed by atoms with Crippen molar-refractivity contribution < 1.29 is 14.2 Å². The monoisotopic (exact) mass is 227 g/mol. The van der Waals surface area contributed by atoms with E-state index in [1.165, 1.54) is 18.2 Å². The molecule has 0 bridgehead atoms. The minimum atomic E-state index is -0.346. The van der Waals surface area contributed by atoms with Gasteiger partial charge in [0.1, 0.15) is 11.6 Å². The van der Waals surface area contributed by atoms with Crippen LogP contribution in [0.1, 0.15) is 25.5 Å². The zero-order valence-corrected chi connectivity index (χ0v) is 9.83. The van der Waals surface area contributed by atoms with E-state index in [2.05, 4.69) is 5.32 Å². The Hall–Kier alpha value is -1.13. The van der Waals surface area contributed by atoms with E-state index < -0.39 is 0 Å². The second-order valence-corrected chi connectivity index (χ2v) is 3.88. The van der Waals surface area contributed by atoms with Gasteiger partial charge in [0, 0.05) is 25.3 Å². The number of phenolic OH excluding ortho intramolecular Hbond substituents is 1. The first kappa shape index (κ1) is 12.9. The lowest BCUT2D eigenvalue weighted by Crippen LogP contribution is -2.28. The Labute approximate surface area is 95.2 Å². The quantitative estimate of drug-likeness (QED) is 0.810. The van der Waals surface area contributed by atoms with Crippen molar-refractivity contribution in [2.24, 2.45) is 0 Å². The second kappa shape index (κ2) is 5.82. The molecule has 0 amide bonds. The highest BCUT2D eigenvalue weighted by Crippen LogP contribution is 2.24. The zero-order chi connectivity index (χ0) is 12.1. The Morgan fingerprint density at radius 1 is 1.44 bits per heavy atom.